The minimum atomic E-state index is -0.104. The monoisotopic (exact) mass is 389 g/mol. The third kappa shape index (κ3) is 3.76. The molecule has 4 aromatic rings. The van der Waals surface area contributed by atoms with Gasteiger partial charge in [0.25, 0.3) is 0 Å². The summed E-state index contributed by atoms with van der Waals surface area (Å²) in [6, 6.07) is 13.3. The maximum atomic E-state index is 12.7. The molecule has 3 aromatic heterocycles. The van der Waals surface area contributed by atoms with Crippen LogP contribution in [0.1, 0.15) is 25.7 Å². The van der Waals surface area contributed by atoms with Gasteiger partial charge in [-0.15, -0.1) is 0 Å². The fraction of sp³-hybridized carbons (Fsp3) is 0.304. The molecule has 1 aromatic carbocycles. The Morgan fingerprint density at radius 1 is 1.17 bits per heavy atom. The summed E-state index contributed by atoms with van der Waals surface area (Å²) >= 11 is 0. The standard InChI is InChI=1S/C23H23N3O3/c27-21-14-23(20-12-17-6-3-10-26(17)15-25-20)29-22-8-7-18(13-19(21)22)28-11-9-24-16-4-1-2-5-16/h3,6-8,10,12-16,24H,1-2,4-5,9,11H2. The lowest BCUT2D eigenvalue weighted by Gasteiger charge is -2.12. The lowest BCUT2D eigenvalue weighted by atomic mass is 10.2. The second kappa shape index (κ2) is 7.72. The van der Waals surface area contributed by atoms with E-state index < -0.39 is 0 Å². The van der Waals surface area contributed by atoms with Crippen molar-refractivity contribution in [2.75, 3.05) is 13.2 Å². The molecule has 6 nitrogen and oxygen atoms in total. The number of nitrogens with one attached hydrogen (secondary N) is 1. The topological polar surface area (TPSA) is 68.8 Å². The van der Waals surface area contributed by atoms with Gasteiger partial charge in [0.15, 0.2) is 11.2 Å². The molecule has 5 rings (SSSR count). The molecule has 29 heavy (non-hydrogen) atoms. The zero-order chi connectivity index (χ0) is 19.6. The van der Waals surface area contributed by atoms with Gasteiger partial charge in [-0.05, 0) is 49.2 Å². The average Bonchev–Trinajstić information content (AvgIpc) is 3.42. The number of benzene rings is 1. The number of nitrogens with zero attached hydrogens (tertiary/aromatic N) is 2. The molecule has 1 aliphatic carbocycles. The molecular formula is C23H23N3O3. The summed E-state index contributed by atoms with van der Waals surface area (Å²) in [6.07, 6.45) is 8.78. The van der Waals surface area contributed by atoms with E-state index in [0.29, 0.717) is 40.8 Å². The molecule has 0 aliphatic heterocycles. The fourth-order valence-electron chi connectivity index (χ4n) is 3.98. The molecule has 0 saturated heterocycles. The smallest absolute Gasteiger partial charge is 0.193 e. The first-order valence-corrected chi connectivity index (χ1v) is 10.1. The van der Waals surface area contributed by atoms with Crippen LogP contribution in [0, 0.1) is 0 Å². The van der Waals surface area contributed by atoms with Crippen molar-refractivity contribution in [1.82, 2.24) is 14.7 Å². The highest BCUT2D eigenvalue weighted by Crippen LogP contribution is 2.24. The van der Waals surface area contributed by atoms with E-state index in [-0.39, 0.29) is 5.43 Å². The Balaban J connectivity index is 1.34. The minimum Gasteiger partial charge on any atom is -0.492 e. The predicted molar refractivity (Wildman–Crippen MR) is 112 cm³/mol. The predicted octanol–water partition coefficient (Wildman–Crippen LogP) is 4.02. The van der Waals surface area contributed by atoms with Crippen LogP contribution in [0.4, 0.5) is 0 Å². The molecule has 0 spiro atoms. The molecule has 3 heterocycles. The average molecular weight is 389 g/mol. The summed E-state index contributed by atoms with van der Waals surface area (Å²) in [6.45, 7) is 1.39. The van der Waals surface area contributed by atoms with Crippen LogP contribution in [-0.2, 0) is 0 Å². The summed E-state index contributed by atoms with van der Waals surface area (Å²) < 4.78 is 13.7. The first kappa shape index (κ1) is 17.9. The van der Waals surface area contributed by atoms with Gasteiger partial charge in [-0.3, -0.25) is 4.79 Å². The van der Waals surface area contributed by atoms with Gasteiger partial charge < -0.3 is 18.9 Å². The number of fused-ring (bicyclic) bond motifs is 2. The second-order valence-corrected chi connectivity index (χ2v) is 7.53. The molecule has 0 atom stereocenters. The van der Waals surface area contributed by atoms with Crippen molar-refractivity contribution in [3.63, 3.8) is 0 Å². The van der Waals surface area contributed by atoms with E-state index in [9.17, 15) is 4.79 Å². The van der Waals surface area contributed by atoms with Crippen LogP contribution in [0.3, 0.4) is 0 Å². The number of aromatic nitrogens is 2. The highest BCUT2D eigenvalue weighted by Gasteiger charge is 2.14. The molecule has 0 amide bonds. The third-order valence-electron chi connectivity index (χ3n) is 5.53. The van der Waals surface area contributed by atoms with Crippen LogP contribution in [0.15, 0.2) is 64.2 Å². The SMILES string of the molecule is O=c1cc(-c2cc3cccn3cn2)oc2ccc(OCCNC3CCCC3)cc12. The number of hydrogen-bond donors (Lipinski definition) is 1. The van der Waals surface area contributed by atoms with Crippen LogP contribution < -0.4 is 15.5 Å². The maximum absolute atomic E-state index is 12.7. The largest absolute Gasteiger partial charge is 0.492 e. The summed E-state index contributed by atoms with van der Waals surface area (Å²) in [5, 5.41) is 4.04. The number of ether oxygens (including phenoxy) is 1. The van der Waals surface area contributed by atoms with E-state index in [4.69, 9.17) is 9.15 Å². The van der Waals surface area contributed by atoms with E-state index in [1.165, 1.54) is 31.7 Å². The van der Waals surface area contributed by atoms with Crippen LogP contribution in [0.5, 0.6) is 5.75 Å². The van der Waals surface area contributed by atoms with Crippen LogP contribution in [-0.4, -0.2) is 28.6 Å². The highest BCUT2D eigenvalue weighted by molar-refractivity contribution is 5.80. The quantitative estimate of drug-likeness (QED) is 0.505. The zero-order valence-corrected chi connectivity index (χ0v) is 16.1. The summed E-state index contributed by atoms with van der Waals surface area (Å²) in [7, 11) is 0. The fourth-order valence-corrected chi connectivity index (χ4v) is 3.98. The second-order valence-electron chi connectivity index (χ2n) is 7.53. The van der Waals surface area contributed by atoms with Gasteiger partial charge in [-0.25, -0.2) is 4.98 Å². The van der Waals surface area contributed by atoms with Gasteiger partial charge in [-0.1, -0.05) is 12.8 Å². The Kier molecular flexibility index (Phi) is 4.77. The molecular weight excluding hydrogens is 366 g/mol. The van der Waals surface area contributed by atoms with Gasteiger partial charge in [0.05, 0.1) is 11.7 Å². The van der Waals surface area contributed by atoms with Crippen molar-refractivity contribution < 1.29 is 9.15 Å². The molecule has 1 fully saturated rings. The summed E-state index contributed by atoms with van der Waals surface area (Å²) in [4.78, 5) is 17.1. The highest BCUT2D eigenvalue weighted by atomic mass is 16.5. The lowest BCUT2D eigenvalue weighted by Crippen LogP contribution is -2.30. The summed E-state index contributed by atoms with van der Waals surface area (Å²) in [5.74, 6) is 1.14. The van der Waals surface area contributed by atoms with Crippen molar-refractivity contribution in [2.24, 2.45) is 0 Å². The first-order valence-electron chi connectivity index (χ1n) is 10.1. The molecule has 1 saturated carbocycles. The van der Waals surface area contributed by atoms with Crippen molar-refractivity contribution in [3.8, 4) is 17.2 Å². The number of rotatable bonds is 6. The van der Waals surface area contributed by atoms with Gasteiger partial charge in [-0.2, -0.15) is 0 Å². The normalized spacial score (nSPS) is 14.8. The molecule has 148 valence electrons. The lowest BCUT2D eigenvalue weighted by molar-refractivity contribution is 0.305. The van der Waals surface area contributed by atoms with E-state index in [1.807, 2.05) is 34.9 Å². The van der Waals surface area contributed by atoms with E-state index in [1.54, 1.807) is 18.5 Å². The van der Waals surface area contributed by atoms with Gasteiger partial charge in [0.1, 0.15) is 23.6 Å². The first-order chi connectivity index (χ1) is 14.3. The Morgan fingerprint density at radius 3 is 2.97 bits per heavy atom. The van der Waals surface area contributed by atoms with Crippen LogP contribution >= 0.6 is 0 Å². The third-order valence-corrected chi connectivity index (χ3v) is 5.53. The minimum absolute atomic E-state index is 0.104. The molecule has 0 radical (unpaired) electrons. The van der Waals surface area contributed by atoms with Crippen molar-refractivity contribution in [1.29, 1.82) is 0 Å². The molecule has 0 unspecified atom stereocenters. The molecule has 1 N–H and O–H groups in total. The van der Waals surface area contributed by atoms with E-state index >= 15 is 0 Å². The van der Waals surface area contributed by atoms with Crippen molar-refractivity contribution in [3.05, 3.63) is 65.2 Å². The van der Waals surface area contributed by atoms with Gasteiger partial charge in [0.2, 0.25) is 0 Å². The Morgan fingerprint density at radius 2 is 2.07 bits per heavy atom. The summed E-state index contributed by atoms with van der Waals surface area (Å²) in [5.41, 5.74) is 2.05. The maximum Gasteiger partial charge on any atom is 0.193 e. The Hall–Kier alpha value is -3.12. The van der Waals surface area contributed by atoms with Crippen molar-refractivity contribution >= 4 is 16.5 Å². The van der Waals surface area contributed by atoms with Gasteiger partial charge >= 0.3 is 0 Å². The Bertz CT molecular complexity index is 1200. The number of hydrogen-bond acceptors (Lipinski definition) is 5. The van der Waals surface area contributed by atoms with Gasteiger partial charge in [0, 0.05) is 30.4 Å². The van der Waals surface area contributed by atoms with E-state index in [2.05, 4.69) is 10.3 Å². The van der Waals surface area contributed by atoms with Crippen molar-refractivity contribution in [2.45, 2.75) is 31.7 Å². The van der Waals surface area contributed by atoms with Crippen LogP contribution in [0.2, 0.25) is 0 Å². The molecule has 0 bridgehead atoms. The van der Waals surface area contributed by atoms with E-state index in [0.717, 1.165) is 12.1 Å². The van der Waals surface area contributed by atoms with Crippen LogP contribution in [0.25, 0.3) is 27.9 Å². The zero-order valence-electron chi connectivity index (χ0n) is 16.1. The molecule has 6 heteroatoms. The Labute approximate surface area is 168 Å². The molecule has 1 aliphatic rings.